The largest absolute Gasteiger partial charge is 0.398 e. The van der Waals surface area contributed by atoms with Crippen molar-refractivity contribution in [2.75, 3.05) is 5.73 Å². The number of nitrogens with two attached hydrogens (primary N) is 1. The third kappa shape index (κ3) is 4.59. The number of rotatable bonds is 6. The molecule has 20 heavy (non-hydrogen) atoms. The first-order valence-corrected chi connectivity index (χ1v) is 8.63. The van der Waals surface area contributed by atoms with Crippen LogP contribution in [-0.4, -0.2) is 21.4 Å². The molecule has 1 aromatic rings. The molecule has 0 radical (unpaired) electrons. The maximum atomic E-state index is 12.4. The molecular formula is C14H21BrN2O2S. The Morgan fingerprint density at radius 2 is 2.10 bits per heavy atom. The van der Waals surface area contributed by atoms with E-state index >= 15 is 0 Å². The molecule has 3 N–H and O–H groups in total. The van der Waals surface area contributed by atoms with Crippen LogP contribution < -0.4 is 11.1 Å². The first-order chi connectivity index (χ1) is 9.36. The summed E-state index contributed by atoms with van der Waals surface area (Å²) in [6.07, 6.45) is 1.90. The van der Waals surface area contributed by atoms with Crippen LogP contribution in [-0.2, 0) is 15.6 Å². The van der Waals surface area contributed by atoms with Gasteiger partial charge in [0.2, 0.25) is 5.91 Å². The second-order valence-electron chi connectivity index (χ2n) is 4.82. The van der Waals surface area contributed by atoms with Gasteiger partial charge >= 0.3 is 0 Å². The first-order valence-electron chi connectivity index (χ1n) is 6.62. The van der Waals surface area contributed by atoms with E-state index in [1.807, 2.05) is 6.92 Å². The fraction of sp³-hybridized carbons (Fsp3) is 0.500. The zero-order valence-corrected chi connectivity index (χ0v) is 14.4. The van der Waals surface area contributed by atoms with Crippen LogP contribution in [0.4, 0.5) is 5.69 Å². The molecule has 0 fully saturated rings. The molecule has 1 amide bonds. The summed E-state index contributed by atoms with van der Waals surface area (Å²) in [4.78, 5) is 12.6. The van der Waals surface area contributed by atoms with Crippen LogP contribution in [0.5, 0.6) is 0 Å². The maximum absolute atomic E-state index is 12.4. The van der Waals surface area contributed by atoms with Crippen molar-refractivity contribution in [3.63, 3.8) is 0 Å². The van der Waals surface area contributed by atoms with Crippen molar-refractivity contribution in [3.8, 4) is 0 Å². The number of carbonyl (C=O) groups is 1. The average Bonchev–Trinajstić information content (AvgIpc) is 2.40. The average molecular weight is 361 g/mol. The van der Waals surface area contributed by atoms with Gasteiger partial charge in [-0.05, 0) is 38.5 Å². The number of carbonyl (C=O) groups excluding carboxylic acids is 1. The fourth-order valence-corrected chi connectivity index (χ4v) is 3.53. The van der Waals surface area contributed by atoms with Gasteiger partial charge in [-0.25, -0.2) is 0 Å². The Balaban J connectivity index is 2.80. The molecule has 0 saturated heterocycles. The molecule has 0 aliphatic rings. The fourth-order valence-electron chi connectivity index (χ4n) is 1.84. The van der Waals surface area contributed by atoms with Gasteiger partial charge in [-0.1, -0.05) is 29.3 Å². The van der Waals surface area contributed by atoms with Gasteiger partial charge < -0.3 is 11.1 Å². The topological polar surface area (TPSA) is 72.2 Å². The summed E-state index contributed by atoms with van der Waals surface area (Å²) in [6, 6.07) is 5.25. The Morgan fingerprint density at radius 1 is 1.45 bits per heavy atom. The van der Waals surface area contributed by atoms with Crippen LogP contribution in [0.15, 0.2) is 27.6 Å². The summed E-state index contributed by atoms with van der Waals surface area (Å²) in [5, 5.41) is 2.25. The monoisotopic (exact) mass is 360 g/mol. The van der Waals surface area contributed by atoms with Gasteiger partial charge in [0.1, 0.15) is 5.25 Å². The highest BCUT2D eigenvalue weighted by Crippen LogP contribution is 2.23. The number of nitrogen functional groups attached to an aromatic ring is 1. The predicted octanol–water partition coefficient (Wildman–Crippen LogP) is 2.83. The van der Waals surface area contributed by atoms with E-state index in [-0.39, 0.29) is 11.9 Å². The minimum atomic E-state index is -1.47. The van der Waals surface area contributed by atoms with E-state index in [0.717, 1.165) is 17.3 Å². The SMILES string of the molecule is CCCC(C)NC(=O)C(C)S(=O)c1cc(Br)ccc1N. The number of hydrogen-bond donors (Lipinski definition) is 2. The Kier molecular flexibility index (Phi) is 6.68. The summed E-state index contributed by atoms with van der Waals surface area (Å²) in [7, 11) is -1.47. The molecular weight excluding hydrogens is 340 g/mol. The second kappa shape index (κ2) is 7.78. The number of amides is 1. The lowest BCUT2D eigenvalue weighted by Crippen LogP contribution is -2.40. The lowest BCUT2D eigenvalue weighted by molar-refractivity contribution is -0.121. The summed E-state index contributed by atoms with van der Waals surface area (Å²) in [5.74, 6) is -0.205. The highest BCUT2D eigenvalue weighted by atomic mass is 79.9. The number of benzene rings is 1. The lowest BCUT2D eigenvalue weighted by Gasteiger charge is -2.17. The molecule has 3 unspecified atom stereocenters. The van der Waals surface area contributed by atoms with Crippen LogP contribution in [0, 0.1) is 0 Å². The van der Waals surface area contributed by atoms with Gasteiger partial charge in [0.15, 0.2) is 0 Å². The number of nitrogens with one attached hydrogen (secondary N) is 1. The molecule has 0 aromatic heterocycles. The molecule has 6 heteroatoms. The Labute approximate surface area is 131 Å². The summed E-state index contributed by atoms with van der Waals surface area (Å²) in [5.41, 5.74) is 6.27. The normalized spacial score (nSPS) is 15.4. The minimum Gasteiger partial charge on any atom is -0.398 e. The van der Waals surface area contributed by atoms with Crippen molar-refractivity contribution >= 4 is 38.3 Å². The van der Waals surface area contributed by atoms with E-state index in [4.69, 9.17) is 5.73 Å². The minimum absolute atomic E-state index is 0.0896. The Bertz CT molecular complexity index is 508. The van der Waals surface area contributed by atoms with E-state index in [0.29, 0.717) is 10.6 Å². The van der Waals surface area contributed by atoms with Gasteiger partial charge in [-0.15, -0.1) is 0 Å². The molecule has 1 aromatic carbocycles. The zero-order chi connectivity index (χ0) is 15.3. The molecule has 1 rings (SSSR count). The predicted molar refractivity (Wildman–Crippen MR) is 86.9 cm³/mol. The highest BCUT2D eigenvalue weighted by molar-refractivity contribution is 9.10. The van der Waals surface area contributed by atoms with Gasteiger partial charge in [-0.3, -0.25) is 9.00 Å². The van der Waals surface area contributed by atoms with E-state index in [9.17, 15) is 9.00 Å². The third-order valence-corrected chi connectivity index (χ3v) is 5.13. The first kappa shape index (κ1) is 17.2. The quantitative estimate of drug-likeness (QED) is 0.766. The molecule has 3 atom stereocenters. The van der Waals surface area contributed by atoms with Crippen molar-refractivity contribution in [1.82, 2.24) is 5.32 Å². The van der Waals surface area contributed by atoms with Crippen LogP contribution in [0.2, 0.25) is 0 Å². The van der Waals surface area contributed by atoms with E-state index < -0.39 is 16.0 Å². The molecule has 0 aliphatic heterocycles. The number of halogens is 1. The van der Waals surface area contributed by atoms with Crippen molar-refractivity contribution in [2.45, 2.75) is 49.8 Å². The van der Waals surface area contributed by atoms with E-state index in [1.54, 1.807) is 25.1 Å². The van der Waals surface area contributed by atoms with Gasteiger partial charge in [0.25, 0.3) is 0 Å². The molecule has 0 saturated carbocycles. The van der Waals surface area contributed by atoms with E-state index in [1.165, 1.54) is 0 Å². The van der Waals surface area contributed by atoms with Crippen molar-refractivity contribution in [1.29, 1.82) is 0 Å². The summed E-state index contributed by atoms with van der Waals surface area (Å²) < 4.78 is 13.2. The van der Waals surface area contributed by atoms with Crippen molar-refractivity contribution < 1.29 is 9.00 Å². The van der Waals surface area contributed by atoms with E-state index in [2.05, 4.69) is 28.2 Å². The van der Waals surface area contributed by atoms with Gasteiger partial charge in [0, 0.05) is 16.2 Å². The zero-order valence-electron chi connectivity index (χ0n) is 12.0. The van der Waals surface area contributed by atoms with Crippen LogP contribution in [0.25, 0.3) is 0 Å². The molecule has 0 aliphatic carbocycles. The standard InChI is InChI=1S/C14H21BrN2O2S/c1-4-5-9(2)17-14(18)10(3)20(19)13-8-11(15)6-7-12(13)16/h6-10H,4-5,16H2,1-3H3,(H,17,18). The Hall–Kier alpha value is -0.880. The van der Waals surface area contributed by atoms with Crippen LogP contribution in [0.1, 0.15) is 33.6 Å². The second-order valence-corrected chi connectivity index (χ2v) is 7.48. The summed E-state index contributed by atoms with van der Waals surface area (Å²) in [6.45, 7) is 5.67. The third-order valence-electron chi connectivity index (χ3n) is 2.99. The van der Waals surface area contributed by atoms with Crippen molar-refractivity contribution in [2.24, 2.45) is 0 Å². The molecule has 112 valence electrons. The van der Waals surface area contributed by atoms with Crippen LogP contribution >= 0.6 is 15.9 Å². The van der Waals surface area contributed by atoms with Crippen molar-refractivity contribution in [3.05, 3.63) is 22.7 Å². The van der Waals surface area contributed by atoms with Gasteiger partial charge in [-0.2, -0.15) is 0 Å². The molecule has 0 bridgehead atoms. The van der Waals surface area contributed by atoms with Gasteiger partial charge in [0.05, 0.1) is 15.7 Å². The highest BCUT2D eigenvalue weighted by Gasteiger charge is 2.24. The summed E-state index contributed by atoms with van der Waals surface area (Å²) >= 11 is 3.32. The maximum Gasteiger partial charge on any atom is 0.236 e. The smallest absolute Gasteiger partial charge is 0.236 e. The Morgan fingerprint density at radius 3 is 2.70 bits per heavy atom. The molecule has 0 heterocycles. The van der Waals surface area contributed by atoms with Crippen LogP contribution in [0.3, 0.4) is 0 Å². The number of hydrogen-bond acceptors (Lipinski definition) is 3. The molecule has 0 spiro atoms. The number of anilines is 1. The lowest BCUT2D eigenvalue weighted by atomic mass is 10.2. The molecule has 4 nitrogen and oxygen atoms in total.